The Bertz CT molecular complexity index is 479. The number of aromatic amines is 1. The molecule has 0 atom stereocenters. The second-order valence-corrected chi connectivity index (χ2v) is 7.21. The maximum absolute atomic E-state index is 6.03. The molecule has 1 aromatic heterocycles. The average molecular weight is 274 g/mol. The van der Waals surface area contributed by atoms with Crippen molar-refractivity contribution in [1.29, 1.82) is 0 Å². The van der Waals surface area contributed by atoms with Crippen LogP contribution in [0.25, 0.3) is 0 Å². The number of piperidine rings is 1. The Hall–Kier alpha value is -1.03. The van der Waals surface area contributed by atoms with Crippen molar-refractivity contribution in [3.05, 3.63) is 11.3 Å². The minimum absolute atomic E-state index is 0.391. The molecule has 4 nitrogen and oxygen atoms in total. The van der Waals surface area contributed by atoms with Gasteiger partial charge in [-0.3, -0.25) is 5.10 Å². The molecule has 0 bridgehead atoms. The summed E-state index contributed by atoms with van der Waals surface area (Å²) < 4.78 is 0. The fourth-order valence-corrected chi connectivity index (χ4v) is 4.56. The van der Waals surface area contributed by atoms with Crippen LogP contribution >= 0.6 is 0 Å². The minimum atomic E-state index is 0.391. The number of nitrogens with one attached hydrogen (secondary N) is 1. The van der Waals surface area contributed by atoms with Crippen LogP contribution in [-0.2, 0) is 12.8 Å². The van der Waals surface area contributed by atoms with Crippen LogP contribution in [0.5, 0.6) is 0 Å². The quantitative estimate of drug-likeness (QED) is 0.826. The molecule has 0 radical (unpaired) electrons. The third-order valence-electron chi connectivity index (χ3n) is 5.89. The first-order valence-corrected chi connectivity index (χ1v) is 8.32. The first-order chi connectivity index (χ1) is 9.76. The molecule has 2 aliphatic carbocycles. The van der Waals surface area contributed by atoms with Crippen LogP contribution < -0.4 is 10.6 Å². The number of aryl methyl sites for hydroxylation is 1. The van der Waals surface area contributed by atoms with Crippen molar-refractivity contribution in [1.82, 2.24) is 10.2 Å². The molecule has 1 saturated carbocycles. The lowest BCUT2D eigenvalue weighted by molar-refractivity contribution is 0.254. The predicted molar refractivity (Wildman–Crippen MR) is 80.9 cm³/mol. The van der Waals surface area contributed by atoms with Gasteiger partial charge in [0.1, 0.15) is 0 Å². The van der Waals surface area contributed by atoms with Crippen molar-refractivity contribution in [3.63, 3.8) is 0 Å². The van der Waals surface area contributed by atoms with Gasteiger partial charge in [0.05, 0.1) is 0 Å². The summed E-state index contributed by atoms with van der Waals surface area (Å²) in [5, 5.41) is 7.98. The highest BCUT2D eigenvalue weighted by molar-refractivity contribution is 5.51. The molecule has 2 heterocycles. The number of fused-ring (bicyclic) bond motifs is 1. The van der Waals surface area contributed by atoms with Gasteiger partial charge in [-0.05, 0) is 50.4 Å². The van der Waals surface area contributed by atoms with Crippen LogP contribution in [0.4, 0.5) is 5.82 Å². The molecule has 3 N–H and O–H groups in total. The van der Waals surface area contributed by atoms with Crippen LogP contribution in [-0.4, -0.2) is 29.3 Å². The molecule has 4 heteroatoms. The summed E-state index contributed by atoms with van der Waals surface area (Å²) in [6, 6.07) is 0.391. The Morgan fingerprint density at radius 2 is 1.90 bits per heavy atom. The molecule has 0 unspecified atom stereocenters. The molecule has 0 aromatic carbocycles. The molecule has 1 saturated heterocycles. The van der Waals surface area contributed by atoms with Crippen molar-refractivity contribution in [2.24, 2.45) is 11.1 Å². The molecular formula is C16H26N4. The zero-order valence-electron chi connectivity index (χ0n) is 12.3. The summed E-state index contributed by atoms with van der Waals surface area (Å²) >= 11 is 0. The number of nitrogens with two attached hydrogens (primary N) is 1. The van der Waals surface area contributed by atoms with Crippen LogP contribution in [0.15, 0.2) is 0 Å². The van der Waals surface area contributed by atoms with Gasteiger partial charge in [0.15, 0.2) is 5.82 Å². The molecule has 2 fully saturated rings. The number of anilines is 1. The minimum Gasteiger partial charge on any atom is -0.355 e. The average Bonchev–Trinajstić information content (AvgIpc) is 3.07. The summed E-state index contributed by atoms with van der Waals surface area (Å²) in [5.41, 5.74) is 9.58. The molecular weight excluding hydrogens is 248 g/mol. The van der Waals surface area contributed by atoms with Gasteiger partial charge in [-0.2, -0.15) is 5.10 Å². The van der Waals surface area contributed by atoms with Gasteiger partial charge in [-0.15, -0.1) is 0 Å². The van der Waals surface area contributed by atoms with Gasteiger partial charge in [0.25, 0.3) is 0 Å². The predicted octanol–water partition coefficient (Wildman–Crippen LogP) is 2.39. The smallest absolute Gasteiger partial charge is 0.153 e. The molecule has 1 spiro atoms. The molecule has 110 valence electrons. The second-order valence-electron chi connectivity index (χ2n) is 7.21. The second kappa shape index (κ2) is 4.76. The highest BCUT2D eigenvalue weighted by Crippen LogP contribution is 2.49. The monoisotopic (exact) mass is 274 g/mol. The number of aromatic nitrogens is 2. The van der Waals surface area contributed by atoms with E-state index in [-0.39, 0.29) is 0 Å². The highest BCUT2D eigenvalue weighted by Gasteiger charge is 2.39. The fourth-order valence-electron chi connectivity index (χ4n) is 4.56. The lowest BCUT2D eigenvalue weighted by Crippen LogP contribution is -2.40. The van der Waals surface area contributed by atoms with E-state index in [4.69, 9.17) is 5.73 Å². The largest absolute Gasteiger partial charge is 0.355 e. The van der Waals surface area contributed by atoms with Crippen molar-refractivity contribution in [2.45, 2.75) is 63.8 Å². The SMILES string of the molecule is NC1CCN(c2n[nH]c3c2CC2(CCCC2)CC3)CC1. The molecule has 3 aliphatic rings. The summed E-state index contributed by atoms with van der Waals surface area (Å²) in [7, 11) is 0. The topological polar surface area (TPSA) is 57.9 Å². The number of nitrogens with zero attached hydrogens (tertiary/aromatic N) is 2. The van der Waals surface area contributed by atoms with Crippen molar-refractivity contribution >= 4 is 5.82 Å². The Kier molecular flexibility index (Phi) is 3.02. The third-order valence-corrected chi connectivity index (χ3v) is 5.89. The van der Waals surface area contributed by atoms with Crippen molar-refractivity contribution < 1.29 is 0 Å². The first kappa shape index (κ1) is 12.7. The van der Waals surface area contributed by atoms with Gasteiger partial charge in [0, 0.05) is 30.4 Å². The molecule has 1 aliphatic heterocycles. The van der Waals surface area contributed by atoms with E-state index in [0.717, 1.165) is 25.9 Å². The Morgan fingerprint density at radius 1 is 1.15 bits per heavy atom. The van der Waals surface area contributed by atoms with Crippen molar-refractivity contribution in [3.8, 4) is 0 Å². The van der Waals surface area contributed by atoms with E-state index >= 15 is 0 Å². The van der Waals surface area contributed by atoms with E-state index in [1.165, 1.54) is 62.0 Å². The Labute approximate surface area is 121 Å². The number of hydrogen-bond acceptors (Lipinski definition) is 3. The Balaban J connectivity index is 1.59. The lowest BCUT2D eigenvalue weighted by atomic mass is 9.72. The van der Waals surface area contributed by atoms with Gasteiger partial charge in [-0.25, -0.2) is 0 Å². The maximum Gasteiger partial charge on any atom is 0.153 e. The normalized spacial score (nSPS) is 26.1. The molecule has 1 aromatic rings. The zero-order valence-corrected chi connectivity index (χ0v) is 12.3. The van der Waals surface area contributed by atoms with Crippen LogP contribution in [0.3, 0.4) is 0 Å². The number of H-pyrrole nitrogens is 1. The van der Waals surface area contributed by atoms with Crippen LogP contribution in [0.1, 0.15) is 56.2 Å². The summed E-state index contributed by atoms with van der Waals surface area (Å²) in [6.07, 6.45) is 11.8. The molecule has 4 rings (SSSR count). The highest BCUT2D eigenvalue weighted by atomic mass is 15.3. The van der Waals surface area contributed by atoms with E-state index in [1.807, 2.05) is 0 Å². The third kappa shape index (κ3) is 2.05. The summed E-state index contributed by atoms with van der Waals surface area (Å²) in [4.78, 5) is 2.46. The number of hydrogen-bond donors (Lipinski definition) is 2. The van der Waals surface area contributed by atoms with E-state index < -0.39 is 0 Å². The van der Waals surface area contributed by atoms with Crippen LogP contribution in [0, 0.1) is 5.41 Å². The number of rotatable bonds is 1. The van der Waals surface area contributed by atoms with E-state index in [0.29, 0.717) is 11.5 Å². The fraction of sp³-hybridized carbons (Fsp3) is 0.812. The van der Waals surface area contributed by atoms with Gasteiger partial charge < -0.3 is 10.6 Å². The molecule has 20 heavy (non-hydrogen) atoms. The standard InChI is InChI=1S/C16H26N4/c17-12-4-9-20(10-5-12)15-13-11-16(6-1-2-7-16)8-3-14(13)18-19-15/h12H,1-11,17H2,(H,18,19). The zero-order chi connectivity index (χ0) is 13.6. The summed E-state index contributed by atoms with van der Waals surface area (Å²) in [5.74, 6) is 1.25. The lowest BCUT2D eigenvalue weighted by Gasteiger charge is -2.36. The maximum atomic E-state index is 6.03. The van der Waals surface area contributed by atoms with E-state index in [9.17, 15) is 0 Å². The first-order valence-electron chi connectivity index (χ1n) is 8.32. The van der Waals surface area contributed by atoms with Gasteiger partial charge in [-0.1, -0.05) is 12.8 Å². The van der Waals surface area contributed by atoms with E-state index in [1.54, 1.807) is 0 Å². The van der Waals surface area contributed by atoms with Gasteiger partial charge >= 0.3 is 0 Å². The Morgan fingerprint density at radius 3 is 2.65 bits per heavy atom. The van der Waals surface area contributed by atoms with E-state index in [2.05, 4.69) is 15.1 Å². The molecule has 0 amide bonds. The van der Waals surface area contributed by atoms with Gasteiger partial charge in [0.2, 0.25) is 0 Å². The summed E-state index contributed by atoms with van der Waals surface area (Å²) in [6.45, 7) is 2.15. The van der Waals surface area contributed by atoms with Crippen molar-refractivity contribution in [2.75, 3.05) is 18.0 Å². The van der Waals surface area contributed by atoms with Crippen LogP contribution in [0.2, 0.25) is 0 Å².